The Kier molecular flexibility index (Phi) is 2.53. The molecule has 0 radical (unpaired) electrons. The van der Waals surface area contributed by atoms with Gasteiger partial charge in [-0.1, -0.05) is 11.6 Å². The minimum atomic E-state index is -4.51. The van der Waals surface area contributed by atoms with Gasteiger partial charge in [0.05, 0.1) is 6.20 Å². The monoisotopic (exact) mass is 347 g/mol. The molecular formula is C7H2ClF3IN3. The molecule has 0 aromatic carbocycles. The molecule has 2 rings (SSSR count). The fraction of sp³-hybridized carbons (Fsp3) is 0.143. The number of hydrogen-bond donors (Lipinski definition) is 0. The van der Waals surface area contributed by atoms with Gasteiger partial charge in [0.15, 0.2) is 16.5 Å². The van der Waals surface area contributed by atoms with Gasteiger partial charge in [-0.15, -0.1) is 0 Å². The van der Waals surface area contributed by atoms with E-state index in [1.165, 1.54) is 10.6 Å². The van der Waals surface area contributed by atoms with Gasteiger partial charge < -0.3 is 0 Å². The van der Waals surface area contributed by atoms with Crippen LogP contribution in [-0.4, -0.2) is 14.4 Å². The zero-order chi connectivity index (χ0) is 11.2. The maximum absolute atomic E-state index is 12.4. The molecule has 8 heteroatoms. The number of imidazole rings is 1. The molecule has 0 unspecified atom stereocenters. The molecule has 0 aliphatic carbocycles. The molecule has 0 atom stereocenters. The van der Waals surface area contributed by atoms with E-state index in [9.17, 15) is 13.2 Å². The molecule has 2 aromatic rings. The molecule has 2 heterocycles. The van der Waals surface area contributed by atoms with Crippen LogP contribution in [0.15, 0.2) is 12.4 Å². The zero-order valence-electron chi connectivity index (χ0n) is 6.89. The number of rotatable bonds is 0. The molecule has 0 amide bonds. The Morgan fingerprint density at radius 2 is 2.07 bits per heavy atom. The van der Waals surface area contributed by atoms with Crippen LogP contribution < -0.4 is 0 Å². The second-order valence-electron chi connectivity index (χ2n) is 2.69. The summed E-state index contributed by atoms with van der Waals surface area (Å²) < 4.78 is 38.9. The van der Waals surface area contributed by atoms with Crippen LogP contribution in [0.1, 0.15) is 5.69 Å². The average Bonchev–Trinajstić information content (AvgIpc) is 2.47. The number of aromatic nitrogens is 3. The van der Waals surface area contributed by atoms with E-state index in [-0.39, 0.29) is 10.8 Å². The van der Waals surface area contributed by atoms with Crippen molar-refractivity contribution < 1.29 is 13.2 Å². The summed E-state index contributed by atoms with van der Waals surface area (Å²) in [6, 6.07) is 0. The van der Waals surface area contributed by atoms with E-state index in [1.807, 2.05) is 22.6 Å². The summed E-state index contributed by atoms with van der Waals surface area (Å²) in [5, 5.41) is -0.257. The van der Waals surface area contributed by atoms with Crippen molar-refractivity contribution in [2.24, 2.45) is 0 Å². The van der Waals surface area contributed by atoms with Crippen molar-refractivity contribution in [2.45, 2.75) is 6.18 Å². The minimum Gasteiger partial charge on any atom is -0.290 e. The third-order valence-electron chi connectivity index (χ3n) is 1.70. The molecule has 0 aliphatic heterocycles. The second kappa shape index (κ2) is 3.48. The smallest absolute Gasteiger partial charge is 0.290 e. The molecule has 0 saturated carbocycles. The largest absolute Gasteiger partial charge is 0.434 e. The highest BCUT2D eigenvalue weighted by molar-refractivity contribution is 14.1. The summed E-state index contributed by atoms with van der Waals surface area (Å²) in [5.41, 5.74) is -0.815. The predicted molar refractivity (Wildman–Crippen MR) is 55.7 cm³/mol. The maximum Gasteiger partial charge on any atom is 0.434 e. The molecule has 0 fully saturated rings. The van der Waals surface area contributed by atoms with Crippen molar-refractivity contribution >= 4 is 39.8 Å². The molecule has 0 aliphatic rings. The van der Waals surface area contributed by atoms with Gasteiger partial charge in [-0.2, -0.15) is 13.2 Å². The molecule has 0 N–H and O–H groups in total. The van der Waals surface area contributed by atoms with Crippen LogP contribution in [0, 0.1) is 3.70 Å². The summed E-state index contributed by atoms with van der Waals surface area (Å²) in [6.07, 6.45) is -2.22. The first-order valence-corrected chi connectivity index (χ1v) is 5.11. The van der Waals surface area contributed by atoms with Crippen LogP contribution in [-0.2, 0) is 6.18 Å². The molecule has 0 spiro atoms. The molecule has 3 nitrogen and oxygen atoms in total. The van der Waals surface area contributed by atoms with Gasteiger partial charge in [-0.3, -0.25) is 4.40 Å². The molecule has 0 bridgehead atoms. The van der Waals surface area contributed by atoms with E-state index in [2.05, 4.69) is 9.97 Å². The Labute approximate surface area is 100 Å². The Bertz CT molecular complexity index is 522. The lowest BCUT2D eigenvalue weighted by Gasteiger charge is -2.06. The van der Waals surface area contributed by atoms with Crippen LogP contribution in [0.5, 0.6) is 0 Å². The summed E-state index contributed by atoms with van der Waals surface area (Å²) in [6.45, 7) is 0. The first-order chi connectivity index (χ1) is 6.89. The number of halogens is 5. The van der Waals surface area contributed by atoms with Crippen molar-refractivity contribution in [3.05, 3.63) is 26.9 Å². The van der Waals surface area contributed by atoms with Crippen molar-refractivity contribution in [3.63, 3.8) is 0 Å². The van der Waals surface area contributed by atoms with Gasteiger partial charge in [0.2, 0.25) is 0 Å². The first kappa shape index (κ1) is 10.9. The average molecular weight is 347 g/mol. The van der Waals surface area contributed by atoms with Gasteiger partial charge in [0.25, 0.3) is 0 Å². The van der Waals surface area contributed by atoms with E-state index >= 15 is 0 Å². The topological polar surface area (TPSA) is 30.2 Å². The lowest BCUT2D eigenvalue weighted by molar-refractivity contribution is -0.141. The van der Waals surface area contributed by atoms with E-state index < -0.39 is 11.9 Å². The molecule has 0 saturated heterocycles. The predicted octanol–water partition coefficient (Wildman–Crippen LogP) is 3.01. The maximum atomic E-state index is 12.4. The van der Waals surface area contributed by atoms with Gasteiger partial charge in [-0.25, -0.2) is 9.97 Å². The number of hydrogen-bond acceptors (Lipinski definition) is 2. The van der Waals surface area contributed by atoms with Gasteiger partial charge in [-0.05, 0) is 22.6 Å². The molecular weight excluding hydrogens is 345 g/mol. The van der Waals surface area contributed by atoms with Crippen LogP contribution in [0.3, 0.4) is 0 Å². The summed E-state index contributed by atoms with van der Waals surface area (Å²) in [7, 11) is 0. The van der Waals surface area contributed by atoms with Crippen LogP contribution in [0.2, 0.25) is 5.15 Å². The molecule has 2 aromatic heterocycles. The number of fused-ring (bicyclic) bond motifs is 1. The Balaban J connectivity index is 2.76. The van der Waals surface area contributed by atoms with Crippen molar-refractivity contribution in [1.82, 2.24) is 14.4 Å². The van der Waals surface area contributed by atoms with Gasteiger partial charge in [0, 0.05) is 6.20 Å². The third kappa shape index (κ3) is 1.89. The SMILES string of the molecule is FC(F)(F)c1cn2c(I)cnc2c(Cl)n1. The quantitative estimate of drug-likeness (QED) is 0.686. The highest BCUT2D eigenvalue weighted by atomic mass is 127. The van der Waals surface area contributed by atoms with E-state index in [1.54, 1.807) is 0 Å². The van der Waals surface area contributed by atoms with Crippen molar-refractivity contribution in [2.75, 3.05) is 0 Å². The van der Waals surface area contributed by atoms with Crippen LogP contribution >= 0.6 is 34.2 Å². The second-order valence-corrected chi connectivity index (χ2v) is 4.15. The Hall–Kier alpha value is -0.570. The number of alkyl halides is 3. The van der Waals surface area contributed by atoms with E-state index in [0.717, 1.165) is 6.20 Å². The fourth-order valence-corrected chi connectivity index (χ4v) is 1.80. The van der Waals surface area contributed by atoms with E-state index in [0.29, 0.717) is 3.70 Å². The fourth-order valence-electron chi connectivity index (χ4n) is 1.06. The summed E-state index contributed by atoms with van der Waals surface area (Å²) >= 11 is 7.45. The van der Waals surface area contributed by atoms with Crippen LogP contribution in [0.4, 0.5) is 13.2 Å². The summed E-state index contributed by atoms with van der Waals surface area (Å²) in [4.78, 5) is 7.07. The summed E-state index contributed by atoms with van der Waals surface area (Å²) in [5.74, 6) is 0. The number of nitrogens with zero attached hydrogens (tertiary/aromatic N) is 3. The zero-order valence-corrected chi connectivity index (χ0v) is 9.80. The molecule has 80 valence electrons. The van der Waals surface area contributed by atoms with E-state index in [4.69, 9.17) is 11.6 Å². The van der Waals surface area contributed by atoms with Crippen molar-refractivity contribution in [1.29, 1.82) is 0 Å². The third-order valence-corrected chi connectivity index (χ3v) is 2.75. The van der Waals surface area contributed by atoms with Crippen molar-refractivity contribution in [3.8, 4) is 0 Å². The Morgan fingerprint density at radius 1 is 1.40 bits per heavy atom. The first-order valence-electron chi connectivity index (χ1n) is 3.66. The molecule has 15 heavy (non-hydrogen) atoms. The van der Waals surface area contributed by atoms with Gasteiger partial charge >= 0.3 is 6.18 Å². The lowest BCUT2D eigenvalue weighted by atomic mass is 10.4. The highest BCUT2D eigenvalue weighted by Gasteiger charge is 2.34. The van der Waals surface area contributed by atoms with Crippen LogP contribution in [0.25, 0.3) is 5.65 Å². The normalized spacial score (nSPS) is 12.3. The standard InChI is InChI=1S/C7H2ClF3IN3/c8-5-6-13-1-4(12)15(6)2-3(14-5)7(9,10)11/h1-2H. The minimum absolute atomic E-state index is 0.217. The lowest BCUT2D eigenvalue weighted by Crippen LogP contribution is -2.10. The highest BCUT2D eigenvalue weighted by Crippen LogP contribution is 2.29. The Morgan fingerprint density at radius 3 is 2.67 bits per heavy atom. The van der Waals surface area contributed by atoms with Gasteiger partial charge in [0.1, 0.15) is 3.70 Å².